The predicted octanol–water partition coefficient (Wildman–Crippen LogP) is 1.96. The quantitative estimate of drug-likeness (QED) is 0.766. The van der Waals surface area contributed by atoms with E-state index in [2.05, 4.69) is 19.1 Å². The first-order valence-electron chi connectivity index (χ1n) is 3.09. The Balaban J connectivity index is 2.67. The van der Waals surface area contributed by atoms with Crippen molar-refractivity contribution in [2.45, 2.75) is 0 Å². The highest BCUT2D eigenvalue weighted by Crippen LogP contribution is 2.46. The Bertz CT molecular complexity index is 268. The van der Waals surface area contributed by atoms with E-state index in [0.717, 1.165) is 0 Å². The smallest absolute Gasteiger partial charge is 0.296 e. The van der Waals surface area contributed by atoms with Crippen LogP contribution in [-0.4, -0.2) is 19.2 Å². The Morgan fingerprint density at radius 2 is 2.25 bits per heavy atom. The summed E-state index contributed by atoms with van der Waals surface area (Å²) in [6.45, 7) is 0. The zero-order valence-electron chi connectivity index (χ0n) is 6.68. The summed E-state index contributed by atoms with van der Waals surface area (Å²) < 4.78 is 20.7. The highest BCUT2D eigenvalue weighted by Gasteiger charge is 2.21. The second kappa shape index (κ2) is 4.00. The molecule has 12 heavy (non-hydrogen) atoms. The van der Waals surface area contributed by atoms with Crippen LogP contribution < -0.4 is 5.09 Å². The lowest BCUT2D eigenvalue weighted by molar-refractivity contribution is 0.281. The van der Waals surface area contributed by atoms with E-state index >= 15 is 0 Å². The zero-order valence-corrected chi connectivity index (χ0v) is 8.39. The van der Waals surface area contributed by atoms with E-state index in [1.54, 1.807) is 11.6 Å². The molecule has 1 N–H and O–H groups in total. The first-order valence-corrected chi connectivity index (χ1v) is 5.52. The molecule has 0 saturated heterocycles. The van der Waals surface area contributed by atoms with Crippen LogP contribution in [-0.2, 0) is 13.6 Å². The Kier molecular flexibility index (Phi) is 3.22. The molecule has 0 fully saturated rings. The van der Waals surface area contributed by atoms with E-state index in [-0.39, 0.29) is 0 Å². The number of anilines is 1. The largest absolute Gasteiger partial charge is 0.433 e. The Hall–Kier alpha value is -0.420. The van der Waals surface area contributed by atoms with Crippen LogP contribution in [0.25, 0.3) is 0 Å². The molecule has 0 aliphatic heterocycles. The van der Waals surface area contributed by atoms with Crippen molar-refractivity contribution >= 4 is 24.2 Å². The average Bonchev–Trinajstić information content (AvgIpc) is 2.57. The molecule has 1 aromatic heterocycles. The fourth-order valence-electron chi connectivity index (χ4n) is 0.562. The second-order valence-electron chi connectivity index (χ2n) is 1.81. The lowest BCUT2D eigenvalue weighted by Gasteiger charge is -2.12. The number of hydrogen-bond acceptors (Lipinski definition) is 5. The van der Waals surface area contributed by atoms with Gasteiger partial charge in [0, 0.05) is 25.8 Å². The molecule has 68 valence electrons. The standard InChI is InChI=1S/C5H9N2O3PS/c1-9-11(8,10-2)7-5-6-3-4-12-5/h3-4H,1-2H3,(H,6,7,8). The monoisotopic (exact) mass is 208 g/mol. The van der Waals surface area contributed by atoms with Gasteiger partial charge in [-0.3, -0.25) is 14.1 Å². The van der Waals surface area contributed by atoms with Gasteiger partial charge in [-0.05, 0) is 0 Å². The van der Waals surface area contributed by atoms with E-state index in [1.165, 1.54) is 25.6 Å². The van der Waals surface area contributed by atoms with Gasteiger partial charge in [0.2, 0.25) is 0 Å². The van der Waals surface area contributed by atoms with Gasteiger partial charge < -0.3 is 0 Å². The van der Waals surface area contributed by atoms with Crippen molar-refractivity contribution in [1.29, 1.82) is 0 Å². The molecule has 0 unspecified atom stereocenters. The molecule has 5 nitrogen and oxygen atoms in total. The summed E-state index contributed by atoms with van der Waals surface area (Å²) in [4.78, 5) is 3.87. The van der Waals surface area contributed by atoms with Crippen molar-refractivity contribution in [3.8, 4) is 0 Å². The SMILES string of the molecule is COP(=O)(Nc1nccs1)OC. The first kappa shape index (κ1) is 9.67. The molecule has 1 heterocycles. The van der Waals surface area contributed by atoms with Crippen molar-refractivity contribution in [1.82, 2.24) is 4.98 Å². The van der Waals surface area contributed by atoms with Crippen molar-refractivity contribution in [2.75, 3.05) is 19.3 Å². The maximum atomic E-state index is 11.4. The summed E-state index contributed by atoms with van der Waals surface area (Å²) in [6.07, 6.45) is 1.60. The second-order valence-corrected chi connectivity index (χ2v) is 4.66. The number of nitrogens with one attached hydrogen (secondary N) is 1. The van der Waals surface area contributed by atoms with Crippen molar-refractivity contribution in [3.05, 3.63) is 11.6 Å². The topological polar surface area (TPSA) is 60.5 Å². The highest BCUT2D eigenvalue weighted by molar-refractivity contribution is 7.56. The summed E-state index contributed by atoms with van der Waals surface area (Å²) in [7, 11) is -0.551. The van der Waals surface area contributed by atoms with Crippen LogP contribution in [0.2, 0.25) is 0 Å². The van der Waals surface area contributed by atoms with Crippen molar-refractivity contribution < 1.29 is 13.6 Å². The molecule has 1 aromatic rings. The van der Waals surface area contributed by atoms with E-state index in [0.29, 0.717) is 5.13 Å². The van der Waals surface area contributed by atoms with E-state index < -0.39 is 7.75 Å². The molecule has 0 aliphatic rings. The van der Waals surface area contributed by atoms with Crippen LogP contribution in [0.1, 0.15) is 0 Å². The molecule has 0 aromatic carbocycles. The van der Waals surface area contributed by atoms with Crippen LogP contribution >= 0.6 is 19.1 Å². The Morgan fingerprint density at radius 1 is 1.58 bits per heavy atom. The molecule has 0 aliphatic carbocycles. The summed E-state index contributed by atoms with van der Waals surface area (Å²) in [5.41, 5.74) is 0. The molecular formula is C5H9N2O3PS. The van der Waals surface area contributed by atoms with Crippen molar-refractivity contribution in [3.63, 3.8) is 0 Å². The van der Waals surface area contributed by atoms with Crippen molar-refractivity contribution in [2.24, 2.45) is 0 Å². The Labute approximate surface area is 74.3 Å². The third-order valence-electron chi connectivity index (χ3n) is 1.15. The zero-order chi connectivity index (χ0) is 9.03. The van der Waals surface area contributed by atoms with Gasteiger partial charge in [0.05, 0.1) is 0 Å². The van der Waals surface area contributed by atoms with Crippen LogP contribution in [0.5, 0.6) is 0 Å². The van der Waals surface area contributed by atoms with Gasteiger partial charge in [0.25, 0.3) is 0 Å². The summed E-state index contributed by atoms with van der Waals surface area (Å²) in [5.74, 6) is 0. The summed E-state index contributed by atoms with van der Waals surface area (Å²) in [6, 6.07) is 0. The minimum Gasteiger partial charge on any atom is -0.296 e. The van der Waals surface area contributed by atoms with E-state index in [1.807, 2.05) is 0 Å². The summed E-state index contributed by atoms with van der Waals surface area (Å²) >= 11 is 1.33. The molecule has 1 rings (SSSR count). The van der Waals surface area contributed by atoms with Crippen LogP contribution in [0, 0.1) is 0 Å². The molecule has 0 atom stereocenters. The minimum absolute atomic E-state index is 0.516. The number of aromatic nitrogens is 1. The number of rotatable bonds is 4. The number of hydrogen-bond donors (Lipinski definition) is 1. The first-order chi connectivity index (χ1) is 5.70. The minimum atomic E-state index is -3.17. The molecule has 7 heteroatoms. The maximum absolute atomic E-state index is 11.4. The third-order valence-corrected chi connectivity index (χ3v) is 3.43. The molecule has 0 saturated carbocycles. The normalized spacial score (nSPS) is 11.5. The van der Waals surface area contributed by atoms with Gasteiger partial charge in [0.1, 0.15) is 0 Å². The fraction of sp³-hybridized carbons (Fsp3) is 0.400. The highest BCUT2D eigenvalue weighted by atomic mass is 32.1. The van der Waals surface area contributed by atoms with Gasteiger partial charge >= 0.3 is 7.75 Å². The van der Waals surface area contributed by atoms with E-state index in [9.17, 15) is 4.57 Å². The lowest BCUT2D eigenvalue weighted by atomic mass is 11.0. The summed E-state index contributed by atoms with van der Waals surface area (Å²) in [5, 5.41) is 4.83. The van der Waals surface area contributed by atoms with Gasteiger partial charge in [-0.1, -0.05) is 0 Å². The van der Waals surface area contributed by atoms with Crippen LogP contribution in [0.4, 0.5) is 5.13 Å². The lowest BCUT2D eigenvalue weighted by Crippen LogP contribution is -1.99. The average molecular weight is 208 g/mol. The van der Waals surface area contributed by atoms with Gasteiger partial charge in [-0.15, -0.1) is 11.3 Å². The molecule has 0 amide bonds. The Morgan fingerprint density at radius 3 is 2.67 bits per heavy atom. The predicted molar refractivity (Wildman–Crippen MR) is 47.4 cm³/mol. The van der Waals surface area contributed by atoms with E-state index in [4.69, 9.17) is 0 Å². The molecular weight excluding hydrogens is 199 g/mol. The van der Waals surface area contributed by atoms with Crippen LogP contribution in [0.15, 0.2) is 11.6 Å². The maximum Gasteiger partial charge on any atom is 0.433 e. The van der Waals surface area contributed by atoms with Gasteiger partial charge in [-0.2, -0.15) is 0 Å². The third kappa shape index (κ3) is 2.28. The number of nitrogens with zero attached hydrogens (tertiary/aromatic N) is 1. The van der Waals surface area contributed by atoms with Gasteiger partial charge in [0.15, 0.2) is 5.13 Å². The number of thiazole rings is 1. The molecule has 0 bridgehead atoms. The molecule has 0 radical (unpaired) electrons. The fourth-order valence-corrected chi connectivity index (χ4v) is 2.10. The van der Waals surface area contributed by atoms with Gasteiger partial charge in [-0.25, -0.2) is 9.55 Å². The van der Waals surface area contributed by atoms with Crippen LogP contribution in [0.3, 0.4) is 0 Å². The molecule has 0 spiro atoms.